The lowest BCUT2D eigenvalue weighted by Crippen LogP contribution is -2.43. The molecule has 1 spiro atoms. The van der Waals surface area contributed by atoms with Crippen LogP contribution < -0.4 is 5.73 Å². The van der Waals surface area contributed by atoms with Crippen LogP contribution in [0.15, 0.2) is 35.3 Å². The average Bonchev–Trinajstić information content (AvgIpc) is 2.86. The van der Waals surface area contributed by atoms with E-state index in [4.69, 9.17) is 15.2 Å². The van der Waals surface area contributed by atoms with E-state index in [0.717, 1.165) is 5.56 Å². The Morgan fingerprint density at radius 1 is 1.29 bits per heavy atom. The maximum atomic E-state index is 10.2. The molecule has 1 aromatic carbocycles. The number of fused-ring (bicyclic) bond motifs is 2. The van der Waals surface area contributed by atoms with E-state index < -0.39 is 22.2 Å². The molecule has 1 saturated heterocycles. The molecule has 0 aromatic heterocycles. The number of hydrogen-bond donors (Lipinski definition) is 1. The highest BCUT2D eigenvalue weighted by Gasteiger charge is 3.01. The summed E-state index contributed by atoms with van der Waals surface area (Å²) in [4.78, 5) is 4.36. The highest BCUT2D eigenvalue weighted by molar-refractivity contribution is 6.02. The number of nitrogens with two attached hydrogens (primary N) is 1. The van der Waals surface area contributed by atoms with Crippen LogP contribution in [0.25, 0.3) is 0 Å². The zero-order valence-electron chi connectivity index (χ0n) is 13.6. The second kappa shape index (κ2) is 4.36. The maximum Gasteiger partial charge on any atom is 0.294 e. The maximum absolute atomic E-state index is 10.2. The van der Waals surface area contributed by atoms with Crippen LogP contribution in [-0.2, 0) is 14.9 Å². The van der Waals surface area contributed by atoms with Crippen LogP contribution in [0, 0.1) is 33.5 Å². The molecule has 24 heavy (non-hydrogen) atoms. The topological polar surface area (TPSA) is 104 Å². The second-order valence-electron chi connectivity index (χ2n) is 6.67. The molecule has 122 valence electrons. The van der Waals surface area contributed by atoms with Gasteiger partial charge < -0.3 is 15.2 Å². The molecule has 6 heteroatoms. The van der Waals surface area contributed by atoms with Gasteiger partial charge in [0.05, 0.1) is 30.3 Å². The smallest absolute Gasteiger partial charge is 0.294 e. The van der Waals surface area contributed by atoms with Gasteiger partial charge in [-0.15, -0.1) is 0 Å². The van der Waals surface area contributed by atoms with Crippen molar-refractivity contribution >= 4 is 5.84 Å². The second-order valence-corrected chi connectivity index (χ2v) is 6.67. The Morgan fingerprint density at radius 3 is 2.50 bits per heavy atom. The minimum Gasteiger partial charge on any atom is -0.386 e. The summed E-state index contributed by atoms with van der Waals surface area (Å²) in [6, 6.07) is 14.2. The molecule has 0 amide bonds. The van der Waals surface area contributed by atoms with Gasteiger partial charge in [0, 0.05) is 0 Å². The number of nitrogens with zero attached hydrogens (tertiary/aromatic N) is 3. The van der Waals surface area contributed by atoms with Gasteiger partial charge in [-0.3, -0.25) is 0 Å². The van der Waals surface area contributed by atoms with E-state index >= 15 is 0 Å². The van der Waals surface area contributed by atoms with Gasteiger partial charge in [-0.1, -0.05) is 37.3 Å². The standard InChI is InChI=1S/C18H18N4O2/c1-3-15(13-7-5-4-6-8-13)16(10-19)14(21)22-18(17(15,16)11-20)23-9-12(2)24-18/h4-8,12H,3,9H2,1-2H3,(H2,21,22)/t12-,15+,16-,17+,18+/m0/s1. The molecule has 0 radical (unpaired) electrons. The van der Waals surface area contributed by atoms with Crippen LogP contribution in [0.3, 0.4) is 0 Å². The first-order valence-corrected chi connectivity index (χ1v) is 8.07. The molecular weight excluding hydrogens is 304 g/mol. The van der Waals surface area contributed by atoms with E-state index in [-0.39, 0.29) is 11.9 Å². The highest BCUT2D eigenvalue weighted by Crippen LogP contribution is 2.86. The summed E-state index contributed by atoms with van der Waals surface area (Å²) in [5, 5.41) is 20.3. The monoisotopic (exact) mass is 322 g/mol. The molecular formula is C18H18N4O2. The number of amidine groups is 1. The number of nitriles is 2. The number of aliphatic imine (C=N–C) groups is 1. The first-order chi connectivity index (χ1) is 11.5. The molecule has 6 nitrogen and oxygen atoms in total. The quantitative estimate of drug-likeness (QED) is 0.894. The third kappa shape index (κ3) is 1.15. The van der Waals surface area contributed by atoms with Gasteiger partial charge in [0.15, 0.2) is 10.8 Å². The van der Waals surface area contributed by atoms with Crippen LogP contribution in [0.5, 0.6) is 0 Å². The summed E-state index contributed by atoms with van der Waals surface area (Å²) in [6.07, 6.45) is 0.337. The first-order valence-electron chi connectivity index (χ1n) is 8.07. The van der Waals surface area contributed by atoms with E-state index in [2.05, 4.69) is 17.1 Å². The molecule has 2 N–H and O–H groups in total. The zero-order valence-corrected chi connectivity index (χ0v) is 13.6. The lowest BCUT2D eigenvalue weighted by Gasteiger charge is -2.31. The number of rotatable bonds is 2. The van der Waals surface area contributed by atoms with Crippen LogP contribution in [0.4, 0.5) is 0 Å². The lowest BCUT2D eigenvalue weighted by molar-refractivity contribution is -0.197. The summed E-state index contributed by atoms with van der Waals surface area (Å²) in [6.45, 7) is 4.13. The SMILES string of the molecule is CC[C@@]1(c2ccccc2)[C@]2(C#N)C(N)=N[C@@]3(OC[C@H](C)O3)[C@@]21C#N. The summed E-state index contributed by atoms with van der Waals surface area (Å²) in [5.41, 5.74) is 3.79. The third-order valence-corrected chi connectivity index (χ3v) is 5.91. The van der Waals surface area contributed by atoms with Crippen molar-refractivity contribution in [3.63, 3.8) is 0 Å². The first kappa shape index (κ1) is 15.1. The van der Waals surface area contributed by atoms with Gasteiger partial charge in [0.1, 0.15) is 5.84 Å². The Kier molecular flexibility index (Phi) is 2.75. The molecule has 2 fully saturated rings. The van der Waals surface area contributed by atoms with E-state index in [9.17, 15) is 10.5 Å². The molecule has 0 bridgehead atoms. The number of benzene rings is 1. The van der Waals surface area contributed by atoms with Gasteiger partial charge >= 0.3 is 0 Å². The van der Waals surface area contributed by atoms with Gasteiger partial charge in [0.2, 0.25) is 0 Å². The average molecular weight is 322 g/mol. The minimum absolute atomic E-state index is 0.131. The summed E-state index contributed by atoms with van der Waals surface area (Å²) >= 11 is 0. The Labute approximate surface area is 140 Å². The van der Waals surface area contributed by atoms with Gasteiger partial charge in [0.25, 0.3) is 5.91 Å². The van der Waals surface area contributed by atoms with E-state index in [1.807, 2.05) is 44.2 Å². The van der Waals surface area contributed by atoms with E-state index in [1.165, 1.54) is 0 Å². The molecule has 2 heterocycles. The molecule has 1 aromatic rings. The molecule has 1 saturated carbocycles. The Hall–Kier alpha value is -2.41. The van der Waals surface area contributed by atoms with Crippen molar-refractivity contribution in [1.29, 1.82) is 10.5 Å². The predicted molar refractivity (Wildman–Crippen MR) is 85.4 cm³/mol. The fourth-order valence-corrected chi connectivity index (χ4v) is 5.07. The molecule has 4 rings (SSSR count). The Morgan fingerprint density at radius 2 is 2.00 bits per heavy atom. The predicted octanol–water partition coefficient (Wildman–Crippen LogP) is 1.83. The van der Waals surface area contributed by atoms with Crippen molar-refractivity contribution in [2.45, 2.75) is 37.7 Å². The molecule has 0 unspecified atom stereocenters. The minimum atomic E-state index is -1.51. The van der Waals surface area contributed by atoms with Gasteiger partial charge in [-0.05, 0) is 18.9 Å². The van der Waals surface area contributed by atoms with E-state index in [0.29, 0.717) is 13.0 Å². The number of hydrogen-bond acceptors (Lipinski definition) is 6. The summed E-state index contributed by atoms with van der Waals surface area (Å²) < 4.78 is 11.8. The van der Waals surface area contributed by atoms with Crippen molar-refractivity contribution in [1.82, 2.24) is 0 Å². The van der Waals surface area contributed by atoms with Gasteiger partial charge in [-0.2, -0.15) is 10.5 Å². The lowest BCUT2D eigenvalue weighted by atomic mass is 9.80. The third-order valence-electron chi connectivity index (χ3n) is 5.91. The highest BCUT2D eigenvalue weighted by atomic mass is 16.8. The zero-order chi connectivity index (χ0) is 17.2. The van der Waals surface area contributed by atoms with Gasteiger partial charge in [-0.25, -0.2) is 4.99 Å². The van der Waals surface area contributed by atoms with Crippen molar-refractivity contribution in [2.75, 3.05) is 6.61 Å². The summed E-state index contributed by atoms with van der Waals surface area (Å²) in [5.74, 6) is -1.38. The van der Waals surface area contributed by atoms with E-state index in [1.54, 1.807) is 0 Å². The molecule has 2 aliphatic heterocycles. The molecule has 1 aliphatic carbocycles. The van der Waals surface area contributed by atoms with Crippen LogP contribution in [-0.4, -0.2) is 24.5 Å². The van der Waals surface area contributed by atoms with Crippen molar-refractivity contribution in [3.05, 3.63) is 35.9 Å². The van der Waals surface area contributed by atoms with Crippen LogP contribution >= 0.6 is 0 Å². The largest absolute Gasteiger partial charge is 0.386 e. The fourth-order valence-electron chi connectivity index (χ4n) is 5.07. The van der Waals surface area contributed by atoms with Crippen molar-refractivity contribution < 1.29 is 9.47 Å². The van der Waals surface area contributed by atoms with Crippen LogP contribution in [0.2, 0.25) is 0 Å². The Bertz CT molecular complexity index is 826. The molecule has 5 atom stereocenters. The molecule has 3 aliphatic rings. The summed E-state index contributed by atoms with van der Waals surface area (Å²) in [7, 11) is 0. The Balaban J connectivity index is 2.04. The fraction of sp³-hybridized carbons (Fsp3) is 0.500. The normalized spacial score (nSPS) is 45.3. The van der Waals surface area contributed by atoms with Crippen LogP contribution in [0.1, 0.15) is 25.8 Å². The van der Waals surface area contributed by atoms with Crippen molar-refractivity contribution in [2.24, 2.45) is 21.6 Å². The van der Waals surface area contributed by atoms with Crippen molar-refractivity contribution in [3.8, 4) is 12.1 Å². The number of ether oxygens (including phenoxy) is 2.